The minimum absolute atomic E-state index is 0.124. The maximum atomic E-state index is 12.3. The summed E-state index contributed by atoms with van der Waals surface area (Å²) in [5.41, 5.74) is 1.04. The number of halogens is 1. The SMILES string of the molecule is CC(O)c1cccc(S(=O)(=O)Nc2ccc(Br)cc2)c1. The lowest BCUT2D eigenvalue weighted by molar-refractivity contribution is 0.199. The molecule has 0 saturated heterocycles. The van der Waals surface area contributed by atoms with Gasteiger partial charge in [0.2, 0.25) is 0 Å². The zero-order chi connectivity index (χ0) is 14.8. The van der Waals surface area contributed by atoms with Gasteiger partial charge in [0.25, 0.3) is 10.0 Å². The van der Waals surface area contributed by atoms with E-state index in [1.165, 1.54) is 12.1 Å². The second kappa shape index (κ2) is 5.95. The summed E-state index contributed by atoms with van der Waals surface area (Å²) in [6.07, 6.45) is -0.710. The van der Waals surface area contributed by atoms with Crippen molar-refractivity contribution in [2.24, 2.45) is 0 Å². The molecule has 0 aromatic heterocycles. The first-order valence-corrected chi connectivity index (χ1v) is 8.22. The highest BCUT2D eigenvalue weighted by atomic mass is 79.9. The minimum Gasteiger partial charge on any atom is -0.389 e. The van der Waals surface area contributed by atoms with E-state index in [-0.39, 0.29) is 4.90 Å². The molecule has 0 bridgehead atoms. The molecule has 0 spiro atoms. The molecule has 0 aliphatic heterocycles. The molecule has 0 heterocycles. The minimum atomic E-state index is -3.66. The van der Waals surface area contributed by atoms with Crippen LogP contribution in [0.1, 0.15) is 18.6 Å². The number of aliphatic hydroxyl groups excluding tert-OH is 1. The largest absolute Gasteiger partial charge is 0.389 e. The second-order valence-electron chi connectivity index (χ2n) is 4.36. The number of nitrogens with one attached hydrogen (secondary N) is 1. The van der Waals surface area contributed by atoms with Gasteiger partial charge in [-0.15, -0.1) is 0 Å². The molecule has 20 heavy (non-hydrogen) atoms. The first kappa shape index (κ1) is 15.0. The van der Waals surface area contributed by atoms with Gasteiger partial charge in [-0.25, -0.2) is 8.42 Å². The van der Waals surface area contributed by atoms with Crippen LogP contribution in [-0.2, 0) is 10.0 Å². The summed E-state index contributed by atoms with van der Waals surface area (Å²) in [4.78, 5) is 0.124. The van der Waals surface area contributed by atoms with Crippen molar-refractivity contribution >= 4 is 31.6 Å². The fourth-order valence-corrected chi connectivity index (χ4v) is 3.05. The zero-order valence-corrected chi connectivity index (χ0v) is 13.1. The van der Waals surface area contributed by atoms with E-state index < -0.39 is 16.1 Å². The van der Waals surface area contributed by atoms with Crippen molar-refractivity contribution in [1.29, 1.82) is 0 Å². The predicted octanol–water partition coefficient (Wildman–Crippen LogP) is 3.30. The van der Waals surface area contributed by atoms with Gasteiger partial charge in [0.1, 0.15) is 0 Å². The van der Waals surface area contributed by atoms with Crippen LogP contribution in [0.2, 0.25) is 0 Å². The van der Waals surface area contributed by atoms with E-state index in [4.69, 9.17) is 0 Å². The van der Waals surface area contributed by atoms with Crippen LogP contribution in [0.5, 0.6) is 0 Å². The topological polar surface area (TPSA) is 66.4 Å². The highest BCUT2D eigenvalue weighted by molar-refractivity contribution is 9.10. The van der Waals surface area contributed by atoms with Gasteiger partial charge >= 0.3 is 0 Å². The van der Waals surface area contributed by atoms with E-state index in [2.05, 4.69) is 20.7 Å². The number of aliphatic hydroxyl groups is 1. The van der Waals surface area contributed by atoms with E-state index in [1.54, 1.807) is 43.3 Å². The van der Waals surface area contributed by atoms with Crippen LogP contribution in [-0.4, -0.2) is 13.5 Å². The van der Waals surface area contributed by atoms with Crippen molar-refractivity contribution in [3.63, 3.8) is 0 Å². The first-order valence-electron chi connectivity index (χ1n) is 5.95. The van der Waals surface area contributed by atoms with Crippen LogP contribution in [0.15, 0.2) is 57.9 Å². The van der Waals surface area contributed by atoms with Crippen molar-refractivity contribution < 1.29 is 13.5 Å². The monoisotopic (exact) mass is 355 g/mol. The van der Waals surface area contributed by atoms with Crippen LogP contribution < -0.4 is 4.72 Å². The van der Waals surface area contributed by atoms with Gasteiger partial charge in [-0.1, -0.05) is 28.1 Å². The average molecular weight is 356 g/mol. The third-order valence-corrected chi connectivity index (χ3v) is 4.65. The average Bonchev–Trinajstić information content (AvgIpc) is 2.41. The third kappa shape index (κ3) is 3.59. The molecule has 0 aliphatic carbocycles. The lowest BCUT2D eigenvalue weighted by atomic mass is 10.1. The van der Waals surface area contributed by atoms with E-state index in [1.807, 2.05) is 0 Å². The Morgan fingerprint density at radius 1 is 1.15 bits per heavy atom. The number of sulfonamides is 1. The van der Waals surface area contributed by atoms with Crippen molar-refractivity contribution in [3.8, 4) is 0 Å². The molecule has 1 unspecified atom stereocenters. The van der Waals surface area contributed by atoms with Gasteiger partial charge in [0.05, 0.1) is 11.0 Å². The number of anilines is 1. The molecule has 6 heteroatoms. The molecule has 0 fully saturated rings. The summed E-state index contributed by atoms with van der Waals surface area (Å²) in [5, 5.41) is 9.51. The molecule has 0 saturated carbocycles. The van der Waals surface area contributed by atoms with Gasteiger partial charge in [0, 0.05) is 10.2 Å². The lowest BCUT2D eigenvalue weighted by Gasteiger charge is -2.10. The van der Waals surface area contributed by atoms with Gasteiger partial charge in [-0.2, -0.15) is 0 Å². The van der Waals surface area contributed by atoms with Crippen molar-refractivity contribution in [2.75, 3.05) is 4.72 Å². The Kier molecular flexibility index (Phi) is 4.47. The molecule has 0 radical (unpaired) electrons. The first-order chi connectivity index (χ1) is 9.38. The molecule has 2 aromatic carbocycles. The molecule has 4 nitrogen and oxygen atoms in total. The Morgan fingerprint density at radius 3 is 2.40 bits per heavy atom. The predicted molar refractivity (Wildman–Crippen MR) is 82.0 cm³/mol. The van der Waals surface area contributed by atoms with E-state index in [9.17, 15) is 13.5 Å². The standard InChI is InChI=1S/C14H14BrNO3S/c1-10(17)11-3-2-4-14(9-11)20(18,19)16-13-7-5-12(15)6-8-13/h2-10,16-17H,1H3. The summed E-state index contributed by atoms with van der Waals surface area (Å²) < 4.78 is 27.9. The van der Waals surface area contributed by atoms with Crippen molar-refractivity contribution in [2.45, 2.75) is 17.9 Å². The number of hydrogen-bond donors (Lipinski definition) is 2. The molecule has 2 rings (SSSR count). The van der Waals surface area contributed by atoms with Gasteiger partial charge < -0.3 is 5.11 Å². The summed E-state index contributed by atoms with van der Waals surface area (Å²) in [6.45, 7) is 1.59. The lowest BCUT2D eigenvalue weighted by Crippen LogP contribution is -2.13. The van der Waals surface area contributed by atoms with Crippen LogP contribution in [0.4, 0.5) is 5.69 Å². The molecular weight excluding hydrogens is 342 g/mol. The van der Waals surface area contributed by atoms with E-state index in [0.29, 0.717) is 11.3 Å². The Hall–Kier alpha value is -1.37. The zero-order valence-electron chi connectivity index (χ0n) is 10.7. The van der Waals surface area contributed by atoms with Crippen LogP contribution >= 0.6 is 15.9 Å². The number of rotatable bonds is 4. The van der Waals surface area contributed by atoms with Crippen molar-refractivity contribution in [1.82, 2.24) is 0 Å². The summed E-state index contributed by atoms with van der Waals surface area (Å²) >= 11 is 3.29. The fourth-order valence-electron chi connectivity index (χ4n) is 1.67. The van der Waals surface area contributed by atoms with E-state index >= 15 is 0 Å². The smallest absolute Gasteiger partial charge is 0.261 e. The Morgan fingerprint density at radius 2 is 1.80 bits per heavy atom. The molecular formula is C14H14BrNO3S. The van der Waals surface area contributed by atoms with Crippen molar-refractivity contribution in [3.05, 3.63) is 58.6 Å². The van der Waals surface area contributed by atoms with Crippen LogP contribution in [0.3, 0.4) is 0 Å². The summed E-state index contributed by atoms with van der Waals surface area (Å²) in [5.74, 6) is 0. The Bertz CT molecular complexity index is 697. The quantitative estimate of drug-likeness (QED) is 0.883. The van der Waals surface area contributed by atoms with Crippen LogP contribution in [0.25, 0.3) is 0 Å². The molecule has 2 N–H and O–H groups in total. The maximum absolute atomic E-state index is 12.3. The molecule has 2 aromatic rings. The second-order valence-corrected chi connectivity index (χ2v) is 6.96. The molecule has 0 aliphatic rings. The Labute approximate surface area is 126 Å². The molecule has 106 valence electrons. The third-order valence-electron chi connectivity index (χ3n) is 2.75. The van der Waals surface area contributed by atoms with Gasteiger partial charge in [0.15, 0.2) is 0 Å². The molecule has 0 amide bonds. The summed E-state index contributed by atoms with van der Waals surface area (Å²) in [7, 11) is -3.66. The highest BCUT2D eigenvalue weighted by Gasteiger charge is 2.15. The van der Waals surface area contributed by atoms with E-state index in [0.717, 1.165) is 4.47 Å². The fraction of sp³-hybridized carbons (Fsp3) is 0.143. The summed E-state index contributed by atoms with van der Waals surface area (Å²) in [6, 6.07) is 13.1. The number of hydrogen-bond acceptors (Lipinski definition) is 3. The van der Waals surface area contributed by atoms with Gasteiger partial charge in [-0.3, -0.25) is 4.72 Å². The maximum Gasteiger partial charge on any atom is 0.261 e. The van der Waals surface area contributed by atoms with Gasteiger partial charge in [-0.05, 0) is 48.9 Å². The number of benzene rings is 2. The van der Waals surface area contributed by atoms with Crippen LogP contribution in [0, 0.1) is 0 Å². The normalized spacial score (nSPS) is 12.9. The Balaban J connectivity index is 2.30. The molecule has 1 atom stereocenters. The highest BCUT2D eigenvalue weighted by Crippen LogP contribution is 2.21.